The van der Waals surface area contributed by atoms with Crippen LogP contribution in [0.2, 0.25) is 0 Å². The Kier molecular flexibility index (Phi) is 1.47. The fourth-order valence-corrected chi connectivity index (χ4v) is 1.41. The SMILES string of the molecule is Cc1cccc2[nH]ccc(=O)c12. The summed E-state index contributed by atoms with van der Waals surface area (Å²) in [5.74, 6) is 0. The maximum Gasteiger partial charge on any atom is 0.189 e. The highest BCUT2D eigenvalue weighted by atomic mass is 16.1. The predicted octanol–water partition coefficient (Wildman–Crippen LogP) is 1.84. The van der Waals surface area contributed by atoms with Crippen LogP contribution in [0.4, 0.5) is 0 Å². The number of rotatable bonds is 0. The predicted molar refractivity (Wildman–Crippen MR) is 49.3 cm³/mol. The third-order valence-electron chi connectivity index (χ3n) is 1.99. The molecule has 0 amide bonds. The maximum absolute atomic E-state index is 11.4. The molecule has 2 nitrogen and oxygen atoms in total. The van der Waals surface area contributed by atoms with E-state index in [-0.39, 0.29) is 5.43 Å². The van der Waals surface area contributed by atoms with Crippen LogP contribution in [0.3, 0.4) is 0 Å². The molecule has 0 aliphatic rings. The van der Waals surface area contributed by atoms with Crippen LogP contribution in [0.25, 0.3) is 10.9 Å². The normalized spacial score (nSPS) is 10.4. The highest BCUT2D eigenvalue weighted by Gasteiger charge is 1.98. The van der Waals surface area contributed by atoms with Crippen LogP contribution in [0, 0.1) is 6.92 Å². The number of aromatic nitrogens is 1. The molecule has 0 radical (unpaired) electrons. The summed E-state index contributed by atoms with van der Waals surface area (Å²) in [7, 11) is 0. The lowest BCUT2D eigenvalue weighted by Gasteiger charge is -1.98. The lowest BCUT2D eigenvalue weighted by atomic mass is 10.1. The number of pyridine rings is 1. The first-order chi connectivity index (χ1) is 5.79. The largest absolute Gasteiger partial charge is 0.361 e. The van der Waals surface area contributed by atoms with Crippen molar-refractivity contribution in [2.24, 2.45) is 0 Å². The van der Waals surface area contributed by atoms with Crippen molar-refractivity contribution in [1.29, 1.82) is 0 Å². The van der Waals surface area contributed by atoms with E-state index in [0.29, 0.717) is 0 Å². The van der Waals surface area contributed by atoms with Gasteiger partial charge in [-0.15, -0.1) is 0 Å². The van der Waals surface area contributed by atoms with E-state index in [1.54, 1.807) is 12.3 Å². The van der Waals surface area contributed by atoms with E-state index in [1.165, 1.54) is 0 Å². The Bertz CT molecular complexity index is 465. The lowest BCUT2D eigenvalue weighted by Crippen LogP contribution is -2.01. The molecule has 1 heterocycles. The average molecular weight is 159 g/mol. The number of nitrogens with one attached hydrogen (secondary N) is 1. The standard InChI is InChI=1S/C10H9NO/c1-7-3-2-4-8-10(7)9(12)5-6-11-8/h2-6H,1H3,(H,11,12). The van der Waals surface area contributed by atoms with Gasteiger partial charge in [0.15, 0.2) is 5.43 Å². The van der Waals surface area contributed by atoms with Crippen molar-refractivity contribution in [3.05, 3.63) is 46.2 Å². The highest BCUT2D eigenvalue weighted by Crippen LogP contribution is 2.10. The first-order valence-corrected chi connectivity index (χ1v) is 3.86. The minimum Gasteiger partial charge on any atom is -0.361 e. The number of benzene rings is 1. The summed E-state index contributed by atoms with van der Waals surface area (Å²) in [6.45, 7) is 1.94. The Morgan fingerprint density at radius 2 is 2.08 bits per heavy atom. The molecule has 0 bridgehead atoms. The molecule has 0 spiro atoms. The van der Waals surface area contributed by atoms with Crippen LogP contribution in [0.1, 0.15) is 5.56 Å². The molecule has 0 aliphatic carbocycles. The van der Waals surface area contributed by atoms with E-state index < -0.39 is 0 Å². The van der Waals surface area contributed by atoms with Crippen molar-refractivity contribution in [3.8, 4) is 0 Å². The van der Waals surface area contributed by atoms with E-state index >= 15 is 0 Å². The fourth-order valence-electron chi connectivity index (χ4n) is 1.41. The quantitative estimate of drug-likeness (QED) is 0.625. The molecule has 2 aromatic rings. The van der Waals surface area contributed by atoms with Crippen molar-refractivity contribution in [3.63, 3.8) is 0 Å². The molecular weight excluding hydrogens is 150 g/mol. The van der Waals surface area contributed by atoms with Crippen LogP contribution in [-0.2, 0) is 0 Å². The molecule has 0 unspecified atom stereocenters. The first-order valence-electron chi connectivity index (χ1n) is 3.86. The number of aryl methyl sites for hydroxylation is 1. The monoisotopic (exact) mass is 159 g/mol. The zero-order valence-electron chi connectivity index (χ0n) is 6.79. The lowest BCUT2D eigenvalue weighted by molar-refractivity contribution is 1.37. The van der Waals surface area contributed by atoms with Gasteiger partial charge in [-0.25, -0.2) is 0 Å². The molecule has 0 aliphatic heterocycles. The third kappa shape index (κ3) is 0.925. The van der Waals surface area contributed by atoms with Gasteiger partial charge >= 0.3 is 0 Å². The van der Waals surface area contributed by atoms with Gasteiger partial charge in [-0.1, -0.05) is 12.1 Å². The van der Waals surface area contributed by atoms with Crippen molar-refractivity contribution in [2.75, 3.05) is 0 Å². The Hall–Kier alpha value is -1.57. The van der Waals surface area contributed by atoms with Crippen molar-refractivity contribution in [2.45, 2.75) is 6.92 Å². The Balaban J connectivity index is 3.07. The second kappa shape index (κ2) is 2.48. The van der Waals surface area contributed by atoms with Gasteiger partial charge in [-0.05, 0) is 18.6 Å². The van der Waals surface area contributed by atoms with Gasteiger partial charge in [-0.3, -0.25) is 4.79 Å². The van der Waals surface area contributed by atoms with Crippen LogP contribution in [0.15, 0.2) is 35.3 Å². The molecule has 2 heteroatoms. The molecule has 0 saturated carbocycles. The van der Waals surface area contributed by atoms with Crippen LogP contribution < -0.4 is 5.43 Å². The van der Waals surface area contributed by atoms with Gasteiger partial charge in [0.05, 0.1) is 0 Å². The number of hydrogen-bond donors (Lipinski definition) is 1. The van der Waals surface area contributed by atoms with Crippen molar-refractivity contribution in [1.82, 2.24) is 4.98 Å². The zero-order chi connectivity index (χ0) is 8.55. The Morgan fingerprint density at radius 1 is 1.25 bits per heavy atom. The molecule has 0 fully saturated rings. The summed E-state index contributed by atoms with van der Waals surface area (Å²) < 4.78 is 0. The Morgan fingerprint density at radius 3 is 2.83 bits per heavy atom. The maximum atomic E-state index is 11.4. The van der Waals surface area contributed by atoms with E-state index in [4.69, 9.17) is 0 Å². The second-order valence-electron chi connectivity index (χ2n) is 2.84. The average Bonchev–Trinajstić information content (AvgIpc) is 2.04. The minimum atomic E-state index is 0.0850. The van der Waals surface area contributed by atoms with Crippen molar-refractivity contribution < 1.29 is 0 Å². The number of aromatic amines is 1. The molecule has 12 heavy (non-hydrogen) atoms. The molecule has 0 atom stereocenters. The second-order valence-corrected chi connectivity index (χ2v) is 2.84. The van der Waals surface area contributed by atoms with E-state index in [0.717, 1.165) is 16.5 Å². The van der Waals surface area contributed by atoms with Gasteiger partial charge in [0.25, 0.3) is 0 Å². The van der Waals surface area contributed by atoms with Gasteiger partial charge in [0.1, 0.15) is 0 Å². The van der Waals surface area contributed by atoms with E-state index in [9.17, 15) is 4.79 Å². The van der Waals surface area contributed by atoms with E-state index in [1.807, 2.05) is 25.1 Å². The summed E-state index contributed by atoms with van der Waals surface area (Å²) in [6.07, 6.45) is 1.67. The number of H-pyrrole nitrogens is 1. The molecular formula is C10H9NO. The summed E-state index contributed by atoms with van der Waals surface area (Å²) in [5, 5.41) is 0.792. The highest BCUT2D eigenvalue weighted by molar-refractivity contribution is 5.81. The minimum absolute atomic E-state index is 0.0850. The molecule has 60 valence electrons. The smallest absolute Gasteiger partial charge is 0.189 e. The van der Waals surface area contributed by atoms with Gasteiger partial charge in [0, 0.05) is 23.2 Å². The summed E-state index contributed by atoms with van der Waals surface area (Å²) in [6, 6.07) is 7.34. The van der Waals surface area contributed by atoms with Gasteiger partial charge < -0.3 is 4.98 Å². The van der Waals surface area contributed by atoms with Crippen LogP contribution in [-0.4, -0.2) is 4.98 Å². The fraction of sp³-hybridized carbons (Fsp3) is 0.100. The topological polar surface area (TPSA) is 32.9 Å². The first kappa shape index (κ1) is 7.10. The Labute approximate surface area is 69.9 Å². The summed E-state index contributed by atoms with van der Waals surface area (Å²) in [5.41, 5.74) is 2.01. The molecule has 1 aromatic heterocycles. The molecule has 2 rings (SSSR count). The molecule has 1 N–H and O–H groups in total. The summed E-state index contributed by atoms with van der Waals surface area (Å²) in [4.78, 5) is 14.4. The third-order valence-corrected chi connectivity index (χ3v) is 1.99. The van der Waals surface area contributed by atoms with Gasteiger partial charge in [0.2, 0.25) is 0 Å². The van der Waals surface area contributed by atoms with Crippen LogP contribution >= 0.6 is 0 Å². The number of hydrogen-bond acceptors (Lipinski definition) is 1. The van der Waals surface area contributed by atoms with Crippen LogP contribution in [0.5, 0.6) is 0 Å². The molecule has 1 aromatic carbocycles. The van der Waals surface area contributed by atoms with Gasteiger partial charge in [-0.2, -0.15) is 0 Å². The zero-order valence-corrected chi connectivity index (χ0v) is 6.79. The van der Waals surface area contributed by atoms with E-state index in [2.05, 4.69) is 4.98 Å². The summed E-state index contributed by atoms with van der Waals surface area (Å²) >= 11 is 0. The molecule has 0 saturated heterocycles. The van der Waals surface area contributed by atoms with Crippen molar-refractivity contribution >= 4 is 10.9 Å². The number of fused-ring (bicyclic) bond motifs is 1.